The Morgan fingerprint density at radius 1 is 0.938 bits per heavy atom. The molecule has 2 amide bonds. The van der Waals surface area contributed by atoms with Crippen LogP contribution in [0.3, 0.4) is 0 Å². The van der Waals surface area contributed by atoms with Gasteiger partial charge in [0.15, 0.2) is 11.5 Å². The molecule has 1 fully saturated rings. The molecular formula is C23H28N4O5. The molecule has 170 valence electrons. The van der Waals surface area contributed by atoms with E-state index in [2.05, 4.69) is 32.6 Å². The number of fused-ring (bicyclic) bond motifs is 1. The zero-order valence-corrected chi connectivity index (χ0v) is 18.1. The molecule has 0 unspecified atom stereocenters. The van der Waals surface area contributed by atoms with Crippen molar-refractivity contribution in [1.29, 1.82) is 0 Å². The summed E-state index contributed by atoms with van der Waals surface area (Å²) in [5, 5.41) is 5.29. The number of carbonyl (C=O) groups excluding carboxylic acids is 2. The lowest BCUT2D eigenvalue weighted by atomic mass is 10.2. The van der Waals surface area contributed by atoms with Gasteiger partial charge in [0.25, 0.3) is 0 Å². The number of benzene rings is 2. The Bertz CT molecular complexity index is 942. The number of methoxy groups -OCH3 is 1. The maximum Gasteiger partial charge on any atom is 0.313 e. The van der Waals surface area contributed by atoms with Gasteiger partial charge < -0.3 is 29.7 Å². The molecule has 9 nitrogen and oxygen atoms in total. The van der Waals surface area contributed by atoms with Gasteiger partial charge in [0.1, 0.15) is 19.0 Å². The van der Waals surface area contributed by atoms with Crippen LogP contribution in [0.25, 0.3) is 0 Å². The number of carbonyl (C=O) groups is 2. The minimum Gasteiger partial charge on any atom is -0.497 e. The van der Waals surface area contributed by atoms with Gasteiger partial charge in [-0.3, -0.25) is 14.5 Å². The first kappa shape index (κ1) is 21.8. The highest BCUT2D eigenvalue weighted by molar-refractivity contribution is 6.39. The molecule has 32 heavy (non-hydrogen) atoms. The third kappa shape index (κ3) is 5.42. The summed E-state index contributed by atoms with van der Waals surface area (Å²) in [5.74, 6) is 0.679. The van der Waals surface area contributed by atoms with Crippen molar-refractivity contribution in [1.82, 2.24) is 10.2 Å². The van der Waals surface area contributed by atoms with E-state index >= 15 is 0 Å². The number of piperazine rings is 1. The lowest BCUT2D eigenvalue weighted by Gasteiger charge is -2.36. The third-order valence-corrected chi connectivity index (χ3v) is 5.53. The van der Waals surface area contributed by atoms with Crippen molar-refractivity contribution in [3.8, 4) is 17.2 Å². The number of amides is 2. The zero-order valence-electron chi connectivity index (χ0n) is 18.1. The van der Waals surface area contributed by atoms with Crippen LogP contribution in [0.15, 0.2) is 42.5 Å². The van der Waals surface area contributed by atoms with Gasteiger partial charge in [0.05, 0.1) is 7.11 Å². The van der Waals surface area contributed by atoms with Crippen molar-refractivity contribution in [2.24, 2.45) is 0 Å². The maximum atomic E-state index is 12.2. The summed E-state index contributed by atoms with van der Waals surface area (Å²) < 4.78 is 16.2. The van der Waals surface area contributed by atoms with E-state index in [1.807, 2.05) is 12.1 Å². The smallest absolute Gasteiger partial charge is 0.313 e. The molecule has 2 aliphatic heterocycles. The van der Waals surface area contributed by atoms with Crippen LogP contribution in [-0.4, -0.2) is 76.3 Å². The van der Waals surface area contributed by atoms with Crippen LogP contribution in [0.2, 0.25) is 0 Å². The van der Waals surface area contributed by atoms with Gasteiger partial charge in [-0.25, -0.2) is 0 Å². The lowest BCUT2D eigenvalue weighted by molar-refractivity contribution is -0.136. The molecule has 9 heteroatoms. The second-order valence-electron chi connectivity index (χ2n) is 7.60. The number of ether oxygens (including phenoxy) is 3. The van der Waals surface area contributed by atoms with Gasteiger partial charge in [-0.05, 0) is 36.4 Å². The van der Waals surface area contributed by atoms with E-state index in [-0.39, 0.29) is 0 Å². The van der Waals surface area contributed by atoms with Crippen molar-refractivity contribution in [3.63, 3.8) is 0 Å². The fourth-order valence-corrected chi connectivity index (χ4v) is 3.74. The molecule has 0 atom stereocenters. The van der Waals surface area contributed by atoms with Crippen LogP contribution in [0.4, 0.5) is 11.4 Å². The van der Waals surface area contributed by atoms with Crippen LogP contribution in [0.5, 0.6) is 17.2 Å². The van der Waals surface area contributed by atoms with Gasteiger partial charge in [-0.15, -0.1) is 0 Å². The number of rotatable bonds is 6. The molecule has 0 bridgehead atoms. The van der Waals surface area contributed by atoms with E-state index in [0.29, 0.717) is 43.5 Å². The van der Waals surface area contributed by atoms with Gasteiger partial charge in [0.2, 0.25) is 0 Å². The summed E-state index contributed by atoms with van der Waals surface area (Å²) in [6, 6.07) is 13.1. The molecule has 2 aliphatic rings. The first-order valence-electron chi connectivity index (χ1n) is 10.7. The Hall–Kier alpha value is -3.46. The standard InChI is InChI=1S/C23H28N4O5/c1-30-19-5-3-18(4-6-19)27-12-10-26(11-13-27)9-8-24-22(28)23(29)25-17-2-7-20-21(16-17)32-15-14-31-20/h2-7,16H,8-15H2,1H3,(H,24,28)(H,25,29). The molecule has 0 aromatic heterocycles. The van der Waals surface area contributed by atoms with Crippen molar-refractivity contribution in [2.75, 3.05) is 69.8 Å². The number of nitrogens with zero attached hydrogens (tertiary/aromatic N) is 2. The minimum atomic E-state index is -0.703. The molecule has 4 rings (SSSR count). The van der Waals surface area contributed by atoms with Crippen molar-refractivity contribution < 1.29 is 23.8 Å². The Morgan fingerprint density at radius 2 is 1.66 bits per heavy atom. The fraction of sp³-hybridized carbons (Fsp3) is 0.391. The predicted molar refractivity (Wildman–Crippen MR) is 121 cm³/mol. The molecule has 0 saturated carbocycles. The second kappa shape index (κ2) is 10.2. The topological polar surface area (TPSA) is 92.4 Å². The SMILES string of the molecule is COc1ccc(N2CCN(CCNC(=O)C(=O)Nc3ccc4c(c3)OCCO4)CC2)cc1. The summed E-state index contributed by atoms with van der Waals surface area (Å²) in [6.45, 7) is 5.67. The molecule has 2 N–H and O–H groups in total. The first-order chi connectivity index (χ1) is 15.6. The predicted octanol–water partition coefficient (Wildman–Crippen LogP) is 1.34. The van der Waals surface area contributed by atoms with Crippen LogP contribution >= 0.6 is 0 Å². The monoisotopic (exact) mass is 440 g/mol. The van der Waals surface area contributed by atoms with Gasteiger partial charge in [-0.2, -0.15) is 0 Å². The van der Waals surface area contributed by atoms with Gasteiger partial charge in [0, 0.05) is 56.7 Å². The molecule has 0 aliphatic carbocycles. The highest BCUT2D eigenvalue weighted by Crippen LogP contribution is 2.32. The number of hydrogen-bond donors (Lipinski definition) is 2. The molecule has 2 aromatic rings. The van der Waals surface area contributed by atoms with Crippen molar-refractivity contribution in [3.05, 3.63) is 42.5 Å². The Kier molecular flexibility index (Phi) is 6.96. The minimum absolute atomic E-state index is 0.413. The summed E-state index contributed by atoms with van der Waals surface area (Å²) >= 11 is 0. The number of hydrogen-bond acceptors (Lipinski definition) is 7. The molecule has 0 radical (unpaired) electrons. The maximum absolute atomic E-state index is 12.2. The summed E-state index contributed by atoms with van der Waals surface area (Å²) in [7, 11) is 1.66. The summed E-state index contributed by atoms with van der Waals surface area (Å²) in [5.41, 5.74) is 1.67. The van der Waals surface area contributed by atoms with Gasteiger partial charge in [-0.1, -0.05) is 0 Å². The van der Waals surface area contributed by atoms with E-state index in [1.54, 1.807) is 25.3 Å². The van der Waals surface area contributed by atoms with E-state index in [9.17, 15) is 9.59 Å². The Labute approximate surface area is 187 Å². The molecule has 2 aromatic carbocycles. The van der Waals surface area contributed by atoms with E-state index in [4.69, 9.17) is 14.2 Å². The van der Waals surface area contributed by atoms with E-state index < -0.39 is 11.8 Å². The van der Waals surface area contributed by atoms with Crippen LogP contribution in [0, 0.1) is 0 Å². The first-order valence-corrected chi connectivity index (χ1v) is 10.7. The third-order valence-electron chi connectivity index (χ3n) is 5.53. The van der Waals surface area contributed by atoms with Crippen molar-refractivity contribution >= 4 is 23.2 Å². The molecule has 0 spiro atoms. The lowest BCUT2D eigenvalue weighted by Crippen LogP contribution is -2.49. The summed E-state index contributed by atoms with van der Waals surface area (Å²) in [6.07, 6.45) is 0. The van der Waals surface area contributed by atoms with Crippen LogP contribution in [-0.2, 0) is 9.59 Å². The fourth-order valence-electron chi connectivity index (χ4n) is 3.74. The average Bonchev–Trinajstić information content (AvgIpc) is 2.84. The van der Waals surface area contributed by atoms with Crippen molar-refractivity contribution in [2.45, 2.75) is 0 Å². The zero-order chi connectivity index (χ0) is 22.3. The van der Waals surface area contributed by atoms with Gasteiger partial charge >= 0.3 is 11.8 Å². The highest BCUT2D eigenvalue weighted by Gasteiger charge is 2.19. The largest absolute Gasteiger partial charge is 0.497 e. The van der Waals surface area contributed by atoms with Crippen LogP contribution in [0.1, 0.15) is 0 Å². The van der Waals surface area contributed by atoms with Crippen LogP contribution < -0.4 is 29.7 Å². The summed E-state index contributed by atoms with van der Waals surface area (Å²) in [4.78, 5) is 28.9. The van der Waals surface area contributed by atoms with E-state index in [1.165, 1.54) is 5.69 Å². The quantitative estimate of drug-likeness (QED) is 0.655. The highest BCUT2D eigenvalue weighted by atomic mass is 16.6. The second-order valence-corrected chi connectivity index (χ2v) is 7.60. The Balaban J connectivity index is 1.17. The normalized spacial score (nSPS) is 15.7. The van der Waals surface area contributed by atoms with E-state index in [0.717, 1.165) is 31.9 Å². The Morgan fingerprint density at radius 3 is 2.38 bits per heavy atom. The molecule has 1 saturated heterocycles. The molecule has 2 heterocycles. The number of nitrogens with one attached hydrogen (secondary N) is 2. The molecular weight excluding hydrogens is 412 g/mol. The number of anilines is 2. The average molecular weight is 441 g/mol.